The summed E-state index contributed by atoms with van der Waals surface area (Å²) in [4.78, 5) is 0. The lowest BCUT2D eigenvalue weighted by molar-refractivity contribution is 0.342. The van der Waals surface area contributed by atoms with Gasteiger partial charge in [-0.25, -0.2) is 0 Å². The van der Waals surface area contributed by atoms with Crippen molar-refractivity contribution in [2.45, 2.75) is 31.7 Å². The van der Waals surface area contributed by atoms with E-state index in [4.69, 9.17) is 19.9 Å². The van der Waals surface area contributed by atoms with Crippen molar-refractivity contribution in [2.24, 2.45) is 11.7 Å². The van der Waals surface area contributed by atoms with Crippen LogP contribution in [0.25, 0.3) is 0 Å². The third-order valence-corrected chi connectivity index (χ3v) is 4.00. The number of hydrogen-bond donors (Lipinski definition) is 1. The normalized spacial score (nSPS) is 17.3. The van der Waals surface area contributed by atoms with Crippen LogP contribution in [0.15, 0.2) is 12.1 Å². The Morgan fingerprint density at radius 3 is 2.00 bits per heavy atom. The third-order valence-electron chi connectivity index (χ3n) is 4.00. The van der Waals surface area contributed by atoms with Crippen molar-refractivity contribution in [3.63, 3.8) is 0 Å². The van der Waals surface area contributed by atoms with Gasteiger partial charge in [0.1, 0.15) is 5.75 Å². The van der Waals surface area contributed by atoms with E-state index in [0.717, 1.165) is 11.3 Å². The maximum absolute atomic E-state index is 6.42. The fourth-order valence-electron chi connectivity index (χ4n) is 2.88. The van der Waals surface area contributed by atoms with Crippen molar-refractivity contribution in [1.29, 1.82) is 0 Å². The second kappa shape index (κ2) is 6.15. The van der Waals surface area contributed by atoms with Crippen LogP contribution in [0, 0.1) is 5.92 Å². The minimum Gasteiger partial charge on any atom is -0.496 e. The number of rotatable bonds is 5. The fourth-order valence-corrected chi connectivity index (χ4v) is 2.88. The first-order valence-electron chi connectivity index (χ1n) is 6.76. The molecule has 0 saturated heterocycles. The molecule has 2 N–H and O–H groups in total. The summed E-state index contributed by atoms with van der Waals surface area (Å²) in [5, 5.41) is 0. The van der Waals surface area contributed by atoms with E-state index in [0.29, 0.717) is 17.4 Å². The standard InChI is InChI=1S/C15H23NO3/c1-17-12-9-14(19-3)13(18-2)8-11(12)15(16)10-6-4-5-7-10/h8-10,15H,4-7,16H2,1-3H3/t15-/m1/s1. The van der Waals surface area contributed by atoms with E-state index in [1.54, 1.807) is 21.3 Å². The Labute approximate surface area is 114 Å². The molecule has 4 nitrogen and oxygen atoms in total. The molecule has 19 heavy (non-hydrogen) atoms. The van der Waals surface area contributed by atoms with Crippen molar-refractivity contribution in [3.05, 3.63) is 17.7 Å². The molecule has 4 heteroatoms. The van der Waals surface area contributed by atoms with Crippen LogP contribution in [-0.4, -0.2) is 21.3 Å². The molecule has 1 saturated carbocycles. The van der Waals surface area contributed by atoms with Gasteiger partial charge in [0, 0.05) is 17.7 Å². The zero-order valence-electron chi connectivity index (χ0n) is 11.9. The van der Waals surface area contributed by atoms with Crippen LogP contribution in [0.2, 0.25) is 0 Å². The second-order valence-corrected chi connectivity index (χ2v) is 5.02. The van der Waals surface area contributed by atoms with Crippen LogP contribution in [0.1, 0.15) is 37.3 Å². The first-order chi connectivity index (χ1) is 9.21. The highest BCUT2D eigenvalue weighted by Crippen LogP contribution is 2.42. The van der Waals surface area contributed by atoms with Crippen molar-refractivity contribution in [3.8, 4) is 17.2 Å². The van der Waals surface area contributed by atoms with E-state index in [1.807, 2.05) is 12.1 Å². The van der Waals surface area contributed by atoms with Crippen LogP contribution < -0.4 is 19.9 Å². The zero-order valence-corrected chi connectivity index (χ0v) is 11.9. The highest BCUT2D eigenvalue weighted by Gasteiger charge is 2.26. The molecule has 106 valence electrons. The summed E-state index contributed by atoms with van der Waals surface area (Å²) in [5.74, 6) is 2.68. The fraction of sp³-hybridized carbons (Fsp3) is 0.600. The maximum Gasteiger partial charge on any atom is 0.164 e. The van der Waals surface area contributed by atoms with Gasteiger partial charge in [-0.3, -0.25) is 0 Å². The van der Waals surface area contributed by atoms with Crippen molar-refractivity contribution >= 4 is 0 Å². The summed E-state index contributed by atoms with van der Waals surface area (Å²) < 4.78 is 16.1. The Bertz CT molecular complexity index is 428. The first-order valence-corrected chi connectivity index (χ1v) is 6.76. The third kappa shape index (κ3) is 2.78. The lowest BCUT2D eigenvalue weighted by Crippen LogP contribution is -2.20. The molecular weight excluding hydrogens is 242 g/mol. The van der Waals surface area contributed by atoms with Gasteiger partial charge in [-0.15, -0.1) is 0 Å². The number of ether oxygens (including phenoxy) is 3. The monoisotopic (exact) mass is 265 g/mol. The van der Waals surface area contributed by atoms with Crippen molar-refractivity contribution < 1.29 is 14.2 Å². The summed E-state index contributed by atoms with van der Waals surface area (Å²) in [6.45, 7) is 0. The molecule has 0 bridgehead atoms. The van der Waals surface area contributed by atoms with Crippen LogP contribution in [0.3, 0.4) is 0 Å². The van der Waals surface area contributed by atoms with Crippen LogP contribution in [-0.2, 0) is 0 Å². The average Bonchev–Trinajstić information content (AvgIpc) is 2.99. The van der Waals surface area contributed by atoms with Gasteiger partial charge in [0.05, 0.1) is 21.3 Å². The molecule has 0 unspecified atom stereocenters. The molecule has 2 rings (SSSR count). The topological polar surface area (TPSA) is 53.7 Å². The molecule has 1 aromatic rings. The Hall–Kier alpha value is -1.42. The van der Waals surface area contributed by atoms with E-state index >= 15 is 0 Å². The van der Waals surface area contributed by atoms with Gasteiger partial charge in [-0.05, 0) is 24.8 Å². The number of benzene rings is 1. The molecule has 1 atom stereocenters. The first kappa shape index (κ1) is 14.0. The van der Waals surface area contributed by atoms with Gasteiger partial charge in [-0.1, -0.05) is 12.8 Å². The highest BCUT2D eigenvalue weighted by molar-refractivity contribution is 5.52. The molecule has 0 radical (unpaired) electrons. The molecule has 0 spiro atoms. The Balaban J connectivity index is 2.36. The molecule has 0 aliphatic heterocycles. The summed E-state index contributed by atoms with van der Waals surface area (Å²) in [6, 6.07) is 3.79. The molecular formula is C15H23NO3. The summed E-state index contributed by atoms with van der Waals surface area (Å²) >= 11 is 0. The molecule has 1 aliphatic rings. The molecule has 0 amide bonds. The number of methoxy groups -OCH3 is 3. The second-order valence-electron chi connectivity index (χ2n) is 5.02. The molecule has 1 aliphatic carbocycles. The smallest absolute Gasteiger partial charge is 0.164 e. The van der Waals surface area contributed by atoms with Gasteiger partial charge in [0.15, 0.2) is 11.5 Å². The van der Waals surface area contributed by atoms with Crippen LogP contribution >= 0.6 is 0 Å². The Morgan fingerprint density at radius 1 is 0.947 bits per heavy atom. The zero-order chi connectivity index (χ0) is 13.8. The highest BCUT2D eigenvalue weighted by atomic mass is 16.5. The average molecular weight is 265 g/mol. The van der Waals surface area contributed by atoms with E-state index in [1.165, 1.54) is 25.7 Å². The van der Waals surface area contributed by atoms with Crippen molar-refractivity contribution in [1.82, 2.24) is 0 Å². The van der Waals surface area contributed by atoms with E-state index < -0.39 is 0 Å². The molecule has 0 heterocycles. The van der Waals surface area contributed by atoms with Gasteiger partial charge in [0.25, 0.3) is 0 Å². The summed E-state index contributed by atoms with van der Waals surface area (Å²) in [7, 11) is 4.91. The largest absolute Gasteiger partial charge is 0.496 e. The van der Waals surface area contributed by atoms with Crippen LogP contribution in [0.5, 0.6) is 17.2 Å². The number of hydrogen-bond acceptors (Lipinski definition) is 4. The predicted molar refractivity (Wildman–Crippen MR) is 75.0 cm³/mol. The predicted octanol–water partition coefficient (Wildman–Crippen LogP) is 2.90. The maximum atomic E-state index is 6.42. The quantitative estimate of drug-likeness (QED) is 0.889. The van der Waals surface area contributed by atoms with Gasteiger partial charge in [-0.2, -0.15) is 0 Å². The molecule has 1 aromatic carbocycles. The molecule has 1 fully saturated rings. The van der Waals surface area contributed by atoms with Gasteiger partial charge < -0.3 is 19.9 Å². The summed E-state index contributed by atoms with van der Waals surface area (Å²) in [6.07, 6.45) is 4.93. The summed E-state index contributed by atoms with van der Waals surface area (Å²) in [5.41, 5.74) is 7.42. The van der Waals surface area contributed by atoms with Crippen molar-refractivity contribution in [2.75, 3.05) is 21.3 Å². The Morgan fingerprint density at radius 2 is 1.47 bits per heavy atom. The van der Waals surface area contributed by atoms with Gasteiger partial charge in [0.2, 0.25) is 0 Å². The van der Waals surface area contributed by atoms with E-state index in [-0.39, 0.29) is 6.04 Å². The SMILES string of the molecule is COc1cc(OC)c([C@H](N)C2CCCC2)cc1OC. The van der Waals surface area contributed by atoms with E-state index in [2.05, 4.69) is 0 Å². The lowest BCUT2D eigenvalue weighted by atomic mass is 9.91. The minimum atomic E-state index is -0.00254. The number of nitrogens with two attached hydrogens (primary N) is 1. The Kier molecular flexibility index (Phi) is 4.53. The lowest BCUT2D eigenvalue weighted by Gasteiger charge is -2.23. The molecule has 0 aromatic heterocycles. The van der Waals surface area contributed by atoms with Crippen LogP contribution in [0.4, 0.5) is 0 Å². The minimum absolute atomic E-state index is 0.00254. The van der Waals surface area contributed by atoms with Gasteiger partial charge >= 0.3 is 0 Å². The van der Waals surface area contributed by atoms with E-state index in [9.17, 15) is 0 Å².